The third-order valence-corrected chi connectivity index (χ3v) is 2.59. The highest BCUT2D eigenvalue weighted by Gasteiger charge is 2.03. The molecule has 2 rings (SSSR count). The number of methoxy groups -OCH3 is 1. The smallest absolute Gasteiger partial charge is 0.130 e. The highest BCUT2D eigenvalue weighted by atomic mass is 16.5. The molecule has 0 aromatic heterocycles. The van der Waals surface area contributed by atoms with Crippen LogP contribution in [0, 0.1) is 18.3 Å². The van der Waals surface area contributed by atoms with Crippen LogP contribution in [-0.2, 0) is 0 Å². The largest absolute Gasteiger partial charge is 0.497 e. The van der Waals surface area contributed by atoms with Gasteiger partial charge in [0.2, 0.25) is 0 Å². The molecule has 0 aliphatic heterocycles. The van der Waals surface area contributed by atoms with Gasteiger partial charge in [-0.2, -0.15) is 5.26 Å². The van der Waals surface area contributed by atoms with Gasteiger partial charge in [-0.3, -0.25) is 0 Å². The first kappa shape index (κ1) is 15.6. The summed E-state index contributed by atoms with van der Waals surface area (Å²) in [6, 6.07) is 14.7. The van der Waals surface area contributed by atoms with Crippen molar-refractivity contribution in [2.24, 2.45) is 0 Å². The van der Waals surface area contributed by atoms with E-state index in [0.29, 0.717) is 11.3 Å². The number of hydrogen-bond donors (Lipinski definition) is 0. The van der Waals surface area contributed by atoms with E-state index in [-0.39, 0.29) is 0 Å². The fourth-order valence-electron chi connectivity index (χ4n) is 1.59. The van der Waals surface area contributed by atoms with Crippen LogP contribution >= 0.6 is 0 Å². The molecule has 0 fully saturated rings. The van der Waals surface area contributed by atoms with Crippen molar-refractivity contribution < 1.29 is 9.47 Å². The van der Waals surface area contributed by atoms with Gasteiger partial charge in [0, 0.05) is 0 Å². The van der Waals surface area contributed by atoms with Crippen molar-refractivity contribution in [3.63, 3.8) is 0 Å². The summed E-state index contributed by atoms with van der Waals surface area (Å²) in [5.74, 6) is 2.29. The van der Waals surface area contributed by atoms with Crippen molar-refractivity contribution >= 4 is 0 Å². The van der Waals surface area contributed by atoms with Gasteiger partial charge in [-0.1, -0.05) is 13.8 Å². The maximum Gasteiger partial charge on any atom is 0.130 e. The van der Waals surface area contributed by atoms with E-state index < -0.39 is 0 Å². The molecule has 104 valence electrons. The maximum absolute atomic E-state index is 8.72. The molecule has 3 heteroatoms. The average Bonchev–Trinajstić information content (AvgIpc) is 2.52. The highest BCUT2D eigenvalue weighted by molar-refractivity contribution is 5.43. The fraction of sp³-hybridized carbons (Fsp3) is 0.235. The van der Waals surface area contributed by atoms with Gasteiger partial charge in [0.05, 0.1) is 18.7 Å². The van der Waals surface area contributed by atoms with Crippen molar-refractivity contribution in [1.29, 1.82) is 5.26 Å². The first-order chi connectivity index (χ1) is 9.72. The van der Waals surface area contributed by atoms with Gasteiger partial charge >= 0.3 is 0 Å². The molecular weight excluding hydrogens is 250 g/mol. The quantitative estimate of drug-likeness (QED) is 0.811. The lowest BCUT2D eigenvalue weighted by molar-refractivity contribution is 0.412. The SMILES string of the molecule is CC.COc1ccc(Oc2ccc(C#N)cc2)c(C)c1. The maximum atomic E-state index is 8.72. The second-order valence-electron chi connectivity index (χ2n) is 3.87. The summed E-state index contributed by atoms with van der Waals surface area (Å²) < 4.78 is 10.9. The van der Waals surface area contributed by atoms with Crippen molar-refractivity contribution in [1.82, 2.24) is 0 Å². The van der Waals surface area contributed by atoms with Gasteiger partial charge in [-0.25, -0.2) is 0 Å². The second-order valence-corrected chi connectivity index (χ2v) is 3.87. The zero-order valence-corrected chi connectivity index (χ0v) is 12.3. The summed E-state index contributed by atoms with van der Waals surface area (Å²) in [5.41, 5.74) is 1.62. The molecule has 0 unspecified atom stereocenters. The summed E-state index contributed by atoms with van der Waals surface area (Å²) in [6.07, 6.45) is 0. The third kappa shape index (κ3) is 4.03. The molecule has 0 aliphatic rings. The second kappa shape index (κ2) is 7.85. The Hall–Kier alpha value is -2.47. The van der Waals surface area contributed by atoms with E-state index in [0.717, 1.165) is 17.1 Å². The van der Waals surface area contributed by atoms with Gasteiger partial charge in [0.1, 0.15) is 17.2 Å². The molecule has 0 saturated heterocycles. The Balaban J connectivity index is 0.000000956. The first-order valence-electron chi connectivity index (χ1n) is 6.55. The lowest BCUT2D eigenvalue weighted by Gasteiger charge is -2.09. The molecule has 0 heterocycles. The monoisotopic (exact) mass is 269 g/mol. The Morgan fingerprint density at radius 3 is 2.05 bits per heavy atom. The Morgan fingerprint density at radius 2 is 1.55 bits per heavy atom. The van der Waals surface area contributed by atoms with Gasteiger partial charge in [-0.15, -0.1) is 0 Å². The molecule has 0 amide bonds. The standard InChI is InChI=1S/C15H13NO2.C2H6/c1-11-9-14(17-2)7-8-15(11)18-13-5-3-12(10-16)4-6-13;1-2/h3-9H,1-2H3;1-2H3. The van der Waals surface area contributed by atoms with Gasteiger partial charge < -0.3 is 9.47 Å². The number of nitriles is 1. The molecule has 0 aliphatic carbocycles. The average molecular weight is 269 g/mol. The molecule has 20 heavy (non-hydrogen) atoms. The minimum absolute atomic E-state index is 0.619. The van der Waals surface area contributed by atoms with E-state index in [1.54, 1.807) is 31.4 Å². The Labute approximate surface area is 120 Å². The van der Waals surface area contributed by atoms with Crippen LogP contribution in [0.3, 0.4) is 0 Å². The molecule has 0 radical (unpaired) electrons. The number of hydrogen-bond acceptors (Lipinski definition) is 3. The van der Waals surface area contributed by atoms with Crippen LogP contribution < -0.4 is 9.47 Å². The predicted octanol–water partition coefficient (Wildman–Crippen LogP) is 4.69. The van der Waals surface area contributed by atoms with Crippen molar-refractivity contribution in [3.05, 3.63) is 53.6 Å². The van der Waals surface area contributed by atoms with E-state index in [1.807, 2.05) is 39.0 Å². The lowest BCUT2D eigenvalue weighted by atomic mass is 10.2. The number of benzene rings is 2. The van der Waals surface area contributed by atoms with Crippen molar-refractivity contribution in [3.8, 4) is 23.3 Å². The Kier molecular flexibility index (Phi) is 6.12. The molecule has 3 nitrogen and oxygen atoms in total. The Bertz CT molecular complexity index is 583. The summed E-state index contributed by atoms with van der Waals surface area (Å²) in [4.78, 5) is 0. The number of nitrogens with zero attached hydrogens (tertiary/aromatic N) is 1. The number of aryl methyl sites for hydroxylation is 1. The van der Waals surface area contributed by atoms with Crippen molar-refractivity contribution in [2.75, 3.05) is 7.11 Å². The molecule has 0 spiro atoms. The van der Waals surface area contributed by atoms with E-state index in [9.17, 15) is 0 Å². The molecule has 0 saturated carbocycles. The molecule has 0 N–H and O–H groups in total. The molecular formula is C17H19NO2. The van der Waals surface area contributed by atoms with Gasteiger partial charge in [-0.05, 0) is 55.0 Å². The van der Waals surface area contributed by atoms with Gasteiger partial charge in [0.25, 0.3) is 0 Å². The van der Waals surface area contributed by atoms with Crippen LogP contribution in [0.5, 0.6) is 17.2 Å². The fourth-order valence-corrected chi connectivity index (χ4v) is 1.59. The van der Waals surface area contributed by atoms with Crippen LogP contribution in [-0.4, -0.2) is 7.11 Å². The summed E-state index contributed by atoms with van der Waals surface area (Å²) in [7, 11) is 1.63. The summed E-state index contributed by atoms with van der Waals surface area (Å²) in [6.45, 7) is 5.96. The number of ether oxygens (including phenoxy) is 2. The van der Waals surface area contributed by atoms with Crippen LogP contribution in [0.15, 0.2) is 42.5 Å². The number of rotatable bonds is 3. The molecule has 2 aromatic carbocycles. The van der Waals surface area contributed by atoms with E-state index in [2.05, 4.69) is 6.07 Å². The highest BCUT2D eigenvalue weighted by Crippen LogP contribution is 2.28. The molecule has 0 bridgehead atoms. The predicted molar refractivity (Wildman–Crippen MR) is 80.3 cm³/mol. The van der Waals surface area contributed by atoms with E-state index >= 15 is 0 Å². The van der Waals surface area contributed by atoms with Crippen LogP contribution in [0.4, 0.5) is 0 Å². The topological polar surface area (TPSA) is 42.2 Å². The van der Waals surface area contributed by atoms with E-state index in [4.69, 9.17) is 14.7 Å². The van der Waals surface area contributed by atoms with Crippen LogP contribution in [0.25, 0.3) is 0 Å². The molecule has 2 aromatic rings. The van der Waals surface area contributed by atoms with Gasteiger partial charge in [0.15, 0.2) is 0 Å². The summed E-state index contributed by atoms with van der Waals surface area (Å²) >= 11 is 0. The zero-order valence-electron chi connectivity index (χ0n) is 12.3. The minimum Gasteiger partial charge on any atom is -0.497 e. The van der Waals surface area contributed by atoms with Crippen molar-refractivity contribution in [2.45, 2.75) is 20.8 Å². The third-order valence-electron chi connectivity index (χ3n) is 2.59. The molecule has 0 atom stereocenters. The minimum atomic E-state index is 0.619. The van der Waals surface area contributed by atoms with Crippen LogP contribution in [0.1, 0.15) is 25.0 Å². The first-order valence-corrected chi connectivity index (χ1v) is 6.55. The lowest BCUT2D eigenvalue weighted by Crippen LogP contribution is -1.89. The van der Waals surface area contributed by atoms with E-state index in [1.165, 1.54) is 0 Å². The van der Waals surface area contributed by atoms with Crippen LogP contribution in [0.2, 0.25) is 0 Å². The normalized spacial score (nSPS) is 8.95. The zero-order chi connectivity index (χ0) is 15.0. The summed E-state index contributed by atoms with van der Waals surface area (Å²) in [5, 5.41) is 8.72. The Morgan fingerprint density at radius 1 is 0.950 bits per heavy atom.